The van der Waals surface area contributed by atoms with E-state index in [1.807, 2.05) is 20.0 Å². The molecule has 1 aliphatic rings. The molecule has 0 radical (unpaired) electrons. The molecule has 8 heteroatoms. The highest BCUT2D eigenvalue weighted by molar-refractivity contribution is 6.21. The van der Waals surface area contributed by atoms with Crippen molar-refractivity contribution in [2.45, 2.75) is 13.5 Å². The number of carbonyl (C=O) groups is 2. The van der Waals surface area contributed by atoms with Crippen molar-refractivity contribution in [1.29, 1.82) is 0 Å². The molecule has 2 N–H and O–H groups in total. The quantitative estimate of drug-likeness (QED) is 0.454. The molecule has 8 nitrogen and oxygen atoms in total. The van der Waals surface area contributed by atoms with Gasteiger partial charge in [-0.2, -0.15) is 5.10 Å². The van der Waals surface area contributed by atoms with Gasteiger partial charge in [-0.3, -0.25) is 19.2 Å². The number of fused-ring (bicyclic) bond motifs is 1. The van der Waals surface area contributed by atoms with Gasteiger partial charge in [0.15, 0.2) is 5.96 Å². The summed E-state index contributed by atoms with van der Waals surface area (Å²) in [6, 6.07) is 8.80. The van der Waals surface area contributed by atoms with Crippen LogP contribution in [0.25, 0.3) is 0 Å². The topological polar surface area (TPSA) is 91.6 Å². The summed E-state index contributed by atoms with van der Waals surface area (Å²) in [6.07, 6.45) is 1.73. The lowest BCUT2D eigenvalue weighted by atomic mass is 10.1. The van der Waals surface area contributed by atoms with Gasteiger partial charge in [-0.1, -0.05) is 12.1 Å². The van der Waals surface area contributed by atoms with E-state index in [1.54, 1.807) is 35.1 Å². The highest BCUT2D eigenvalue weighted by Crippen LogP contribution is 2.21. The molecule has 136 valence electrons. The van der Waals surface area contributed by atoms with Crippen molar-refractivity contribution in [3.8, 4) is 0 Å². The van der Waals surface area contributed by atoms with Gasteiger partial charge in [0.1, 0.15) is 0 Å². The van der Waals surface area contributed by atoms with Crippen LogP contribution in [0.5, 0.6) is 0 Å². The summed E-state index contributed by atoms with van der Waals surface area (Å²) in [5.74, 6) is 0.138. The van der Waals surface area contributed by atoms with Crippen LogP contribution >= 0.6 is 0 Å². The number of carbonyl (C=O) groups excluding carboxylic acids is 2. The van der Waals surface area contributed by atoms with Crippen LogP contribution in [-0.4, -0.2) is 52.1 Å². The number of rotatable bonds is 6. The Morgan fingerprint density at radius 3 is 2.38 bits per heavy atom. The van der Waals surface area contributed by atoms with Crippen molar-refractivity contribution in [2.24, 2.45) is 12.0 Å². The van der Waals surface area contributed by atoms with Gasteiger partial charge in [-0.15, -0.1) is 0 Å². The molecular weight excluding hydrogens is 332 g/mol. The summed E-state index contributed by atoms with van der Waals surface area (Å²) in [5, 5.41) is 10.4. The van der Waals surface area contributed by atoms with Gasteiger partial charge >= 0.3 is 0 Å². The number of benzene rings is 1. The standard InChI is InChI=1S/C18H22N6O2/c1-3-19-18(21-12-13-8-9-22-23(13)2)20-10-11-24-16(25)14-6-4-5-7-15(14)17(24)26/h4-9H,3,10-12H2,1-2H3,(H2,19,20,21). The van der Waals surface area contributed by atoms with Crippen molar-refractivity contribution in [1.82, 2.24) is 25.3 Å². The zero-order chi connectivity index (χ0) is 18.5. The van der Waals surface area contributed by atoms with Crippen LogP contribution in [0, 0.1) is 0 Å². The number of aryl methyl sites for hydroxylation is 1. The number of imide groups is 1. The van der Waals surface area contributed by atoms with Crippen molar-refractivity contribution in [2.75, 3.05) is 19.6 Å². The third kappa shape index (κ3) is 3.58. The van der Waals surface area contributed by atoms with Crippen LogP contribution < -0.4 is 10.6 Å². The number of guanidine groups is 1. The second kappa shape index (κ2) is 7.81. The Morgan fingerprint density at radius 2 is 1.81 bits per heavy atom. The fourth-order valence-corrected chi connectivity index (χ4v) is 2.79. The molecule has 2 heterocycles. The van der Waals surface area contributed by atoms with Crippen molar-refractivity contribution in [3.63, 3.8) is 0 Å². The first-order valence-electron chi connectivity index (χ1n) is 8.56. The molecule has 0 saturated heterocycles. The largest absolute Gasteiger partial charge is 0.357 e. The first-order chi connectivity index (χ1) is 12.6. The number of nitrogens with one attached hydrogen (secondary N) is 2. The van der Waals surface area contributed by atoms with E-state index in [-0.39, 0.29) is 18.4 Å². The second-order valence-electron chi connectivity index (χ2n) is 5.88. The fourth-order valence-electron chi connectivity index (χ4n) is 2.79. The summed E-state index contributed by atoms with van der Waals surface area (Å²) >= 11 is 0. The average Bonchev–Trinajstić information content (AvgIpc) is 3.16. The van der Waals surface area contributed by atoms with Crippen LogP contribution in [0.1, 0.15) is 33.3 Å². The molecule has 2 amide bonds. The molecule has 3 rings (SSSR count). The monoisotopic (exact) mass is 354 g/mol. The average molecular weight is 354 g/mol. The predicted octanol–water partition coefficient (Wildman–Crippen LogP) is 0.771. The van der Waals surface area contributed by atoms with Crippen LogP contribution in [0.2, 0.25) is 0 Å². The molecule has 1 aromatic heterocycles. The van der Waals surface area contributed by atoms with Gasteiger partial charge in [0.2, 0.25) is 0 Å². The number of amides is 2. The highest BCUT2D eigenvalue weighted by atomic mass is 16.2. The smallest absolute Gasteiger partial charge is 0.261 e. The van der Waals surface area contributed by atoms with E-state index in [4.69, 9.17) is 0 Å². The number of hydrogen-bond acceptors (Lipinski definition) is 4. The molecule has 0 atom stereocenters. The molecule has 26 heavy (non-hydrogen) atoms. The van der Waals surface area contributed by atoms with Gasteiger partial charge in [-0.05, 0) is 25.1 Å². The Balaban J connectivity index is 1.58. The Morgan fingerprint density at radius 1 is 1.12 bits per heavy atom. The maximum absolute atomic E-state index is 12.3. The molecule has 0 saturated carbocycles. The molecule has 0 unspecified atom stereocenters. The number of nitrogens with zero attached hydrogens (tertiary/aromatic N) is 4. The normalized spacial score (nSPS) is 13.9. The Labute approximate surface area is 151 Å². The zero-order valence-corrected chi connectivity index (χ0v) is 14.9. The van der Waals surface area contributed by atoms with Gasteiger partial charge in [0.05, 0.1) is 23.4 Å². The molecular formula is C18H22N6O2. The minimum atomic E-state index is -0.246. The first kappa shape index (κ1) is 17.7. The summed E-state index contributed by atoms with van der Waals surface area (Å²) in [4.78, 5) is 30.5. The van der Waals surface area contributed by atoms with Gasteiger partial charge in [0, 0.05) is 32.9 Å². The third-order valence-electron chi connectivity index (χ3n) is 4.17. The second-order valence-corrected chi connectivity index (χ2v) is 5.88. The van der Waals surface area contributed by atoms with Crippen LogP contribution in [0.15, 0.2) is 41.5 Å². The van der Waals surface area contributed by atoms with Crippen molar-refractivity contribution in [3.05, 3.63) is 53.3 Å². The first-order valence-corrected chi connectivity index (χ1v) is 8.56. The van der Waals surface area contributed by atoms with Crippen LogP contribution in [0.4, 0.5) is 0 Å². The molecule has 0 spiro atoms. The lowest BCUT2D eigenvalue weighted by Crippen LogP contribution is -2.43. The van der Waals surface area contributed by atoms with Crippen LogP contribution in [-0.2, 0) is 13.6 Å². The molecule has 1 aromatic carbocycles. The predicted molar refractivity (Wildman–Crippen MR) is 97.8 cm³/mol. The Hall–Kier alpha value is -3.16. The van der Waals surface area contributed by atoms with E-state index < -0.39 is 0 Å². The molecule has 1 aliphatic heterocycles. The van der Waals surface area contributed by atoms with E-state index in [0.29, 0.717) is 36.7 Å². The summed E-state index contributed by atoms with van der Waals surface area (Å²) < 4.78 is 1.77. The van der Waals surface area contributed by atoms with Gasteiger partial charge < -0.3 is 10.6 Å². The summed E-state index contributed by atoms with van der Waals surface area (Å²) in [6.45, 7) is 3.87. The number of aliphatic imine (C=N–C) groups is 1. The SMILES string of the molecule is CCNC(=NCc1ccnn1C)NCCN1C(=O)c2ccccc2C1=O. The molecule has 0 bridgehead atoms. The fraction of sp³-hybridized carbons (Fsp3) is 0.333. The molecule has 2 aromatic rings. The van der Waals surface area contributed by atoms with E-state index in [9.17, 15) is 9.59 Å². The lowest BCUT2D eigenvalue weighted by Gasteiger charge is -2.16. The maximum atomic E-state index is 12.3. The van der Waals surface area contributed by atoms with Gasteiger partial charge in [-0.25, -0.2) is 4.99 Å². The lowest BCUT2D eigenvalue weighted by molar-refractivity contribution is 0.0657. The summed E-state index contributed by atoms with van der Waals surface area (Å²) in [7, 11) is 1.87. The van der Waals surface area contributed by atoms with Crippen LogP contribution in [0.3, 0.4) is 0 Å². The number of hydrogen-bond donors (Lipinski definition) is 2. The van der Waals surface area contributed by atoms with E-state index in [0.717, 1.165) is 5.69 Å². The molecule has 0 aliphatic carbocycles. The van der Waals surface area contributed by atoms with Crippen molar-refractivity contribution >= 4 is 17.8 Å². The third-order valence-corrected chi connectivity index (χ3v) is 4.17. The highest BCUT2D eigenvalue weighted by Gasteiger charge is 2.34. The summed E-state index contributed by atoms with van der Waals surface area (Å²) in [5.41, 5.74) is 1.92. The Kier molecular flexibility index (Phi) is 5.31. The van der Waals surface area contributed by atoms with E-state index in [2.05, 4.69) is 20.7 Å². The minimum absolute atomic E-state index is 0.246. The van der Waals surface area contributed by atoms with Gasteiger partial charge in [0.25, 0.3) is 11.8 Å². The zero-order valence-electron chi connectivity index (χ0n) is 14.9. The van der Waals surface area contributed by atoms with E-state index >= 15 is 0 Å². The van der Waals surface area contributed by atoms with Crippen molar-refractivity contribution < 1.29 is 9.59 Å². The van der Waals surface area contributed by atoms with E-state index in [1.165, 1.54) is 4.90 Å². The Bertz CT molecular complexity index is 807. The minimum Gasteiger partial charge on any atom is -0.357 e. The molecule has 0 fully saturated rings. The number of aromatic nitrogens is 2. The maximum Gasteiger partial charge on any atom is 0.261 e.